The lowest BCUT2D eigenvalue weighted by Gasteiger charge is -2.09. The van der Waals surface area contributed by atoms with E-state index in [9.17, 15) is 14.4 Å². The first kappa shape index (κ1) is 18.2. The summed E-state index contributed by atoms with van der Waals surface area (Å²) in [6, 6.07) is 6.58. The van der Waals surface area contributed by atoms with Crippen molar-refractivity contribution >= 4 is 50.9 Å². The average Bonchev–Trinajstić information content (AvgIpc) is 3.01. The molecular weight excluding hydrogens is 374 g/mol. The van der Waals surface area contributed by atoms with Crippen LogP contribution >= 0.6 is 23.1 Å². The van der Waals surface area contributed by atoms with Crippen LogP contribution in [0.4, 0.5) is 5.69 Å². The number of hydrogen-bond acceptors (Lipinski definition) is 7. The summed E-state index contributed by atoms with van der Waals surface area (Å²) in [6.45, 7) is 1.86. The van der Waals surface area contributed by atoms with Gasteiger partial charge in [-0.3, -0.25) is 9.59 Å². The number of rotatable bonds is 5. The number of thiophene rings is 1. The number of aromatic amines is 1. The molecule has 9 heteroatoms. The first-order valence-corrected chi connectivity index (χ1v) is 9.44. The summed E-state index contributed by atoms with van der Waals surface area (Å²) in [6.07, 6.45) is 0. The number of amides is 1. The molecule has 2 heterocycles. The number of thioether (sulfide) groups is 1. The monoisotopic (exact) mass is 389 g/mol. The molecule has 134 valence electrons. The molecule has 2 aromatic heterocycles. The summed E-state index contributed by atoms with van der Waals surface area (Å²) < 4.78 is 4.70. The van der Waals surface area contributed by atoms with E-state index in [4.69, 9.17) is 4.74 Å². The largest absolute Gasteiger partial charge is 0.465 e. The Morgan fingerprint density at radius 2 is 2.12 bits per heavy atom. The lowest BCUT2D eigenvalue weighted by atomic mass is 10.2. The van der Waals surface area contributed by atoms with Gasteiger partial charge in [-0.1, -0.05) is 23.9 Å². The van der Waals surface area contributed by atoms with Crippen molar-refractivity contribution in [1.29, 1.82) is 0 Å². The Kier molecular flexibility index (Phi) is 5.38. The van der Waals surface area contributed by atoms with Gasteiger partial charge in [-0.2, -0.15) is 0 Å². The number of carbonyl (C=O) groups excluding carboxylic acids is 2. The Hall–Kier alpha value is -2.65. The fourth-order valence-electron chi connectivity index (χ4n) is 2.34. The topological polar surface area (TPSA) is 101 Å². The Balaban J connectivity index is 1.70. The van der Waals surface area contributed by atoms with Gasteiger partial charge in [0.1, 0.15) is 4.83 Å². The molecule has 1 amide bonds. The van der Waals surface area contributed by atoms with Gasteiger partial charge in [-0.15, -0.1) is 11.3 Å². The van der Waals surface area contributed by atoms with E-state index in [0.717, 1.165) is 17.3 Å². The lowest BCUT2D eigenvalue weighted by molar-refractivity contribution is -0.113. The van der Waals surface area contributed by atoms with Crippen LogP contribution in [0, 0.1) is 6.92 Å². The Morgan fingerprint density at radius 3 is 2.88 bits per heavy atom. The van der Waals surface area contributed by atoms with Crippen molar-refractivity contribution in [2.45, 2.75) is 12.1 Å². The van der Waals surface area contributed by atoms with Crippen LogP contribution in [0.2, 0.25) is 0 Å². The third-order valence-electron chi connectivity index (χ3n) is 3.55. The minimum Gasteiger partial charge on any atom is -0.465 e. The van der Waals surface area contributed by atoms with Crippen molar-refractivity contribution in [3.05, 3.63) is 51.1 Å². The van der Waals surface area contributed by atoms with Crippen LogP contribution in [-0.2, 0) is 9.53 Å². The molecule has 0 aliphatic rings. The first-order chi connectivity index (χ1) is 12.5. The molecule has 3 aromatic rings. The van der Waals surface area contributed by atoms with Crippen molar-refractivity contribution in [2.75, 3.05) is 18.2 Å². The number of nitrogens with one attached hydrogen (secondary N) is 2. The number of carbonyl (C=O) groups is 2. The fourth-order valence-corrected chi connectivity index (χ4v) is 3.98. The molecule has 0 saturated carbocycles. The molecule has 0 radical (unpaired) electrons. The molecule has 3 rings (SSSR count). The minimum absolute atomic E-state index is 0.0360. The number of anilines is 1. The number of methoxy groups -OCH3 is 1. The van der Waals surface area contributed by atoms with Gasteiger partial charge >= 0.3 is 5.97 Å². The first-order valence-electron chi connectivity index (χ1n) is 7.57. The summed E-state index contributed by atoms with van der Waals surface area (Å²) >= 11 is 2.51. The van der Waals surface area contributed by atoms with Crippen LogP contribution in [0.3, 0.4) is 0 Å². The van der Waals surface area contributed by atoms with E-state index >= 15 is 0 Å². The summed E-state index contributed by atoms with van der Waals surface area (Å²) in [7, 11) is 1.28. The van der Waals surface area contributed by atoms with E-state index in [1.54, 1.807) is 24.3 Å². The van der Waals surface area contributed by atoms with E-state index in [1.165, 1.54) is 18.4 Å². The van der Waals surface area contributed by atoms with Crippen molar-refractivity contribution in [2.24, 2.45) is 0 Å². The number of aryl methyl sites for hydroxylation is 1. The van der Waals surface area contributed by atoms with E-state index in [0.29, 0.717) is 21.1 Å². The second-order valence-corrected chi connectivity index (χ2v) is 7.17. The second kappa shape index (κ2) is 7.71. The zero-order valence-electron chi connectivity index (χ0n) is 14.0. The summed E-state index contributed by atoms with van der Waals surface area (Å²) in [5, 5.41) is 5.50. The predicted octanol–water partition coefficient (Wildman–Crippen LogP) is 2.81. The van der Waals surface area contributed by atoms with Gasteiger partial charge in [0.05, 0.1) is 29.5 Å². The molecule has 0 atom stereocenters. The number of aromatic nitrogens is 2. The lowest BCUT2D eigenvalue weighted by Crippen LogP contribution is -2.17. The standard InChI is InChI=1S/C17H15N3O4S2/c1-9-7-25-15-13(9)14(22)19-17(20-15)26-8-12(21)18-11-6-4-3-5-10(11)16(23)24-2/h3-7H,8H2,1-2H3,(H,18,21)(H,19,20,22). The number of ether oxygens (including phenoxy) is 1. The van der Waals surface area contributed by atoms with Gasteiger partial charge in [-0.05, 0) is 30.0 Å². The van der Waals surface area contributed by atoms with Gasteiger partial charge in [0.15, 0.2) is 5.16 Å². The second-order valence-electron chi connectivity index (χ2n) is 5.34. The molecule has 0 aliphatic heterocycles. The van der Waals surface area contributed by atoms with Crippen LogP contribution in [0.5, 0.6) is 0 Å². The van der Waals surface area contributed by atoms with E-state index < -0.39 is 5.97 Å². The van der Waals surface area contributed by atoms with Crippen LogP contribution in [0.1, 0.15) is 15.9 Å². The van der Waals surface area contributed by atoms with Crippen LogP contribution in [-0.4, -0.2) is 34.7 Å². The predicted molar refractivity (Wildman–Crippen MR) is 102 cm³/mol. The fraction of sp³-hybridized carbons (Fsp3) is 0.176. The maximum absolute atomic E-state index is 12.2. The quantitative estimate of drug-likeness (QED) is 0.395. The van der Waals surface area contributed by atoms with Gasteiger partial charge < -0.3 is 15.0 Å². The molecule has 1 aromatic carbocycles. The number of para-hydroxylation sites is 1. The van der Waals surface area contributed by atoms with E-state index in [2.05, 4.69) is 15.3 Å². The van der Waals surface area contributed by atoms with Crippen molar-refractivity contribution in [3.63, 3.8) is 0 Å². The number of esters is 1. The van der Waals surface area contributed by atoms with Gasteiger partial charge in [0.2, 0.25) is 5.91 Å². The maximum atomic E-state index is 12.2. The average molecular weight is 389 g/mol. The molecule has 0 spiro atoms. The Morgan fingerprint density at radius 1 is 1.35 bits per heavy atom. The smallest absolute Gasteiger partial charge is 0.339 e. The van der Waals surface area contributed by atoms with Crippen LogP contribution in [0.15, 0.2) is 39.6 Å². The zero-order chi connectivity index (χ0) is 18.7. The molecule has 2 N–H and O–H groups in total. The highest BCUT2D eigenvalue weighted by molar-refractivity contribution is 7.99. The van der Waals surface area contributed by atoms with E-state index in [-0.39, 0.29) is 22.8 Å². The number of fused-ring (bicyclic) bond motifs is 1. The molecule has 0 saturated heterocycles. The SMILES string of the molecule is COC(=O)c1ccccc1NC(=O)CSc1nc2scc(C)c2c(=O)[nH]1. The molecule has 0 fully saturated rings. The van der Waals surface area contributed by atoms with Gasteiger partial charge in [0, 0.05) is 0 Å². The minimum atomic E-state index is -0.530. The van der Waals surface area contributed by atoms with Gasteiger partial charge in [0.25, 0.3) is 5.56 Å². The highest BCUT2D eigenvalue weighted by atomic mass is 32.2. The molecule has 7 nitrogen and oxygen atoms in total. The Bertz CT molecular complexity index is 1040. The molecular formula is C17H15N3O4S2. The maximum Gasteiger partial charge on any atom is 0.339 e. The highest BCUT2D eigenvalue weighted by Crippen LogP contribution is 2.23. The summed E-state index contributed by atoms with van der Waals surface area (Å²) in [5.74, 6) is -0.816. The summed E-state index contributed by atoms with van der Waals surface area (Å²) in [5.41, 5.74) is 1.31. The third-order valence-corrected chi connectivity index (χ3v) is 5.42. The normalized spacial score (nSPS) is 10.7. The number of hydrogen-bond donors (Lipinski definition) is 2. The number of nitrogens with zero attached hydrogens (tertiary/aromatic N) is 1. The summed E-state index contributed by atoms with van der Waals surface area (Å²) in [4.78, 5) is 43.7. The molecule has 0 bridgehead atoms. The molecule has 26 heavy (non-hydrogen) atoms. The number of benzene rings is 1. The van der Waals surface area contributed by atoms with Crippen molar-refractivity contribution < 1.29 is 14.3 Å². The zero-order valence-corrected chi connectivity index (χ0v) is 15.6. The van der Waals surface area contributed by atoms with Crippen LogP contribution < -0.4 is 10.9 Å². The third kappa shape index (κ3) is 3.78. The molecule has 0 unspecified atom stereocenters. The van der Waals surface area contributed by atoms with Gasteiger partial charge in [-0.25, -0.2) is 9.78 Å². The van der Waals surface area contributed by atoms with Crippen molar-refractivity contribution in [3.8, 4) is 0 Å². The van der Waals surface area contributed by atoms with Crippen LogP contribution in [0.25, 0.3) is 10.2 Å². The molecule has 0 aliphatic carbocycles. The Labute approximate surface area is 156 Å². The highest BCUT2D eigenvalue weighted by Gasteiger charge is 2.14. The van der Waals surface area contributed by atoms with E-state index in [1.807, 2.05) is 12.3 Å². The van der Waals surface area contributed by atoms with Crippen molar-refractivity contribution in [1.82, 2.24) is 9.97 Å². The number of H-pyrrole nitrogens is 1.